The van der Waals surface area contributed by atoms with E-state index < -0.39 is 5.41 Å². The Morgan fingerprint density at radius 1 is 1.12 bits per heavy atom. The predicted molar refractivity (Wildman–Crippen MR) is 136 cm³/mol. The van der Waals surface area contributed by atoms with Gasteiger partial charge in [0.2, 0.25) is 0 Å². The Labute approximate surface area is 203 Å². The molecule has 2 aromatic rings. The first-order valence-electron chi connectivity index (χ1n) is 11.8. The van der Waals surface area contributed by atoms with Gasteiger partial charge in [-0.25, -0.2) is 0 Å². The summed E-state index contributed by atoms with van der Waals surface area (Å²) in [5, 5.41) is 0.776. The van der Waals surface area contributed by atoms with E-state index in [-0.39, 0.29) is 11.9 Å². The van der Waals surface area contributed by atoms with Crippen LogP contribution in [-0.4, -0.2) is 44.7 Å². The highest BCUT2D eigenvalue weighted by atomic mass is 35.5. The molecule has 0 radical (unpaired) electrons. The van der Waals surface area contributed by atoms with E-state index in [2.05, 4.69) is 30.9 Å². The van der Waals surface area contributed by atoms with E-state index >= 15 is 0 Å². The number of carbonyl (C=O) groups excluding carboxylic acids is 1. The van der Waals surface area contributed by atoms with Crippen molar-refractivity contribution in [3.63, 3.8) is 0 Å². The van der Waals surface area contributed by atoms with E-state index in [1.165, 1.54) is 18.2 Å². The third kappa shape index (κ3) is 6.18. The largest absolute Gasteiger partial charge is 0.497 e. The summed E-state index contributed by atoms with van der Waals surface area (Å²) >= 11 is 6.12. The fourth-order valence-electron chi connectivity index (χ4n) is 4.91. The molecule has 5 heteroatoms. The molecule has 1 saturated heterocycles. The zero-order valence-electron chi connectivity index (χ0n) is 20.3. The number of hydrogen-bond donors (Lipinski definition) is 0. The van der Waals surface area contributed by atoms with Crippen molar-refractivity contribution in [2.45, 2.75) is 44.9 Å². The van der Waals surface area contributed by atoms with Gasteiger partial charge in [-0.05, 0) is 73.5 Å². The standard InChI is InChI=1S/C28H36ClNO3/c1-21(2)28(27(31)33-4,24-9-11-26(32-3)12-10-24)15-6-16-30-17-13-22(14-18-30)19-23-7-5-8-25(29)20-23/h5,7-12,19-21H,6,13-18H2,1-4H3. The van der Waals surface area contributed by atoms with Crippen molar-refractivity contribution in [2.75, 3.05) is 33.9 Å². The van der Waals surface area contributed by atoms with Crippen LogP contribution in [0.4, 0.5) is 0 Å². The van der Waals surface area contributed by atoms with Crippen LogP contribution < -0.4 is 4.74 Å². The normalized spacial score (nSPS) is 16.4. The van der Waals surface area contributed by atoms with Crippen LogP contribution in [0.15, 0.2) is 54.1 Å². The molecule has 0 spiro atoms. The van der Waals surface area contributed by atoms with Crippen molar-refractivity contribution >= 4 is 23.6 Å². The minimum atomic E-state index is -0.658. The highest BCUT2D eigenvalue weighted by Crippen LogP contribution is 2.39. The molecule has 33 heavy (non-hydrogen) atoms. The molecule has 1 aliphatic heterocycles. The lowest BCUT2D eigenvalue weighted by molar-refractivity contribution is -0.150. The molecule has 4 nitrogen and oxygen atoms in total. The average molecular weight is 470 g/mol. The van der Waals surface area contributed by atoms with Gasteiger partial charge in [-0.3, -0.25) is 4.79 Å². The molecule has 2 aromatic carbocycles. The van der Waals surface area contributed by atoms with Crippen molar-refractivity contribution in [1.29, 1.82) is 0 Å². The quantitative estimate of drug-likeness (QED) is 0.399. The first-order valence-corrected chi connectivity index (χ1v) is 12.2. The van der Waals surface area contributed by atoms with Crippen LogP contribution in [0.25, 0.3) is 6.08 Å². The summed E-state index contributed by atoms with van der Waals surface area (Å²) in [5.41, 5.74) is 2.98. The van der Waals surface area contributed by atoms with Crippen LogP contribution in [0.3, 0.4) is 0 Å². The van der Waals surface area contributed by atoms with Gasteiger partial charge >= 0.3 is 5.97 Å². The van der Waals surface area contributed by atoms with Gasteiger partial charge in [0.25, 0.3) is 0 Å². The molecule has 3 rings (SSSR count). The van der Waals surface area contributed by atoms with Gasteiger partial charge in [0.05, 0.1) is 19.6 Å². The number of ether oxygens (including phenoxy) is 2. The zero-order chi connectivity index (χ0) is 23.8. The lowest BCUT2D eigenvalue weighted by Gasteiger charge is -2.36. The maximum Gasteiger partial charge on any atom is 0.316 e. The third-order valence-corrected chi connectivity index (χ3v) is 7.14. The Kier molecular flexibility index (Phi) is 8.99. The minimum absolute atomic E-state index is 0.118. The summed E-state index contributed by atoms with van der Waals surface area (Å²) in [6, 6.07) is 15.9. The lowest BCUT2D eigenvalue weighted by atomic mass is 9.68. The Morgan fingerprint density at radius 3 is 2.39 bits per heavy atom. The first kappa shape index (κ1) is 25.3. The van der Waals surface area contributed by atoms with Crippen LogP contribution in [0.1, 0.15) is 50.7 Å². The summed E-state index contributed by atoms with van der Waals surface area (Å²) in [5.74, 6) is 0.746. The topological polar surface area (TPSA) is 38.8 Å². The summed E-state index contributed by atoms with van der Waals surface area (Å²) in [6.45, 7) is 7.28. The number of nitrogens with zero attached hydrogens (tertiary/aromatic N) is 1. The van der Waals surface area contributed by atoms with Crippen molar-refractivity contribution in [3.8, 4) is 5.75 Å². The maximum atomic E-state index is 13.1. The number of hydrogen-bond acceptors (Lipinski definition) is 4. The van der Waals surface area contributed by atoms with Gasteiger partial charge in [-0.1, -0.05) is 61.4 Å². The summed E-state index contributed by atoms with van der Waals surface area (Å²) in [6.07, 6.45) is 6.10. The molecule has 0 amide bonds. The van der Waals surface area contributed by atoms with E-state index in [4.69, 9.17) is 21.1 Å². The fourth-order valence-corrected chi connectivity index (χ4v) is 5.11. The molecule has 0 aromatic heterocycles. The van der Waals surface area contributed by atoms with Gasteiger partial charge < -0.3 is 14.4 Å². The van der Waals surface area contributed by atoms with Gasteiger partial charge in [0.1, 0.15) is 5.75 Å². The molecule has 1 unspecified atom stereocenters. The Morgan fingerprint density at radius 2 is 1.82 bits per heavy atom. The third-order valence-electron chi connectivity index (χ3n) is 6.90. The van der Waals surface area contributed by atoms with E-state index in [0.29, 0.717) is 0 Å². The summed E-state index contributed by atoms with van der Waals surface area (Å²) < 4.78 is 10.6. The fraction of sp³-hybridized carbons (Fsp3) is 0.464. The molecule has 0 saturated carbocycles. The molecule has 1 aliphatic rings. The maximum absolute atomic E-state index is 13.1. The monoisotopic (exact) mass is 469 g/mol. The molecular formula is C28H36ClNO3. The predicted octanol–water partition coefficient (Wildman–Crippen LogP) is 6.38. The van der Waals surface area contributed by atoms with E-state index in [1.807, 2.05) is 42.5 Å². The zero-order valence-corrected chi connectivity index (χ0v) is 21.0. The molecule has 1 atom stereocenters. The molecule has 178 valence electrons. The second-order valence-electron chi connectivity index (χ2n) is 9.15. The van der Waals surface area contributed by atoms with Crippen LogP contribution in [0.5, 0.6) is 5.75 Å². The van der Waals surface area contributed by atoms with Gasteiger partial charge in [-0.2, -0.15) is 0 Å². The second-order valence-corrected chi connectivity index (χ2v) is 9.59. The highest BCUT2D eigenvalue weighted by Gasteiger charge is 2.44. The van der Waals surface area contributed by atoms with Crippen LogP contribution in [0, 0.1) is 5.92 Å². The Hall–Kier alpha value is -2.30. The number of benzene rings is 2. The highest BCUT2D eigenvalue weighted by molar-refractivity contribution is 6.30. The molecule has 0 N–H and O–H groups in total. The molecule has 0 aliphatic carbocycles. The summed E-state index contributed by atoms with van der Waals surface area (Å²) in [4.78, 5) is 15.6. The van der Waals surface area contributed by atoms with Crippen molar-refractivity contribution in [1.82, 2.24) is 4.90 Å². The molecule has 0 bridgehead atoms. The summed E-state index contributed by atoms with van der Waals surface area (Å²) in [7, 11) is 3.14. The number of rotatable bonds is 9. The van der Waals surface area contributed by atoms with E-state index in [1.54, 1.807) is 7.11 Å². The number of likely N-dealkylation sites (tertiary alicyclic amines) is 1. The molecule has 1 fully saturated rings. The number of carbonyl (C=O) groups is 1. The Bertz CT molecular complexity index is 944. The van der Waals surface area contributed by atoms with Crippen LogP contribution in [-0.2, 0) is 14.9 Å². The first-order chi connectivity index (χ1) is 15.9. The van der Waals surface area contributed by atoms with E-state index in [0.717, 1.165) is 61.7 Å². The SMILES string of the molecule is COC(=O)C(CCCN1CCC(=Cc2cccc(Cl)c2)CC1)(c1ccc(OC)cc1)C(C)C. The lowest BCUT2D eigenvalue weighted by Crippen LogP contribution is -2.43. The number of halogens is 1. The number of esters is 1. The number of piperidine rings is 1. The van der Waals surface area contributed by atoms with Gasteiger partial charge in [-0.15, -0.1) is 0 Å². The molecule has 1 heterocycles. The van der Waals surface area contributed by atoms with Gasteiger partial charge in [0.15, 0.2) is 0 Å². The van der Waals surface area contributed by atoms with Crippen molar-refractivity contribution in [3.05, 3.63) is 70.3 Å². The van der Waals surface area contributed by atoms with E-state index in [9.17, 15) is 4.79 Å². The average Bonchev–Trinajstić information content (AvgIpc) is 2.82. The molecular weight excluding hydrogens is 434 g/mol. The smallest absolute Gasteiger partial charge is 0.316 e. The minimum Gasteiger partial charge on any atom is -0.497 e. The van der Waals surface area contributed by atoms with Crippen LogP contribution >= 0.6 is 11.6 Å². The van der Waals surface area contributed by atoms with Crippen LogP contribution in [0.2, 0.25) is 5.02 Å². The van der Waals surface area contributed by atoms with Crippen molar-refractivity contribution < 1.29 is 14.3 Å². The van der Waals surface area contributed by atoms with Crippen molar-refractivity contribution in [2.24, 2.45) is 5.92 Å². The second kappa shape index (κ2) is 11.7. The number of methoxy groups -OCH3 is 2. The Balaban J connectivity index is 1.63. The van der Waals surface area contributed by atoms with Gasteiger partial charge in [0, 0.05) is 18.1 Å².